The molecular weight excluding hydrogens is 506 g/mol. The summed E-state index contributed by atoms with van der Waals surface area (Å²) in [6, 6.07) is 0. The molecule has 180 valence electrons. The standard InChI is InChI=1S/C25H26BrNO7/c1-23(2)8-24(9-33-22(23)34-24)25(27)7-12(28)13-16(21(25)26)20(32)15-14(19(13)31)17(29)10-5-3-4-6-11(10)18(15)30/h3-6,10-12,21-22,28,31-32H,7-9,27H2,1-2H3/t10-,11-,12-,21-,22-,24+,25+/m0/s1. The number of aliphatic hydroxyl groups excluding tert-OH is 1. The first-order valence-corrected chi connectivity index (χ1v) is 12.3. The molecular formula is C25H26BrNO7. The summed E-state index contributed by atoms with van der Waals surface area (Å²) in [4.78, 5) is 25.9. The van der Waals surface area contributed by atoms with Gasteiger partial charge in [0.15, 0.2) is 17.9 Å². The minimum Gasteiger partial charge on any atom is -0.507 e. The second kappa shape index (κ2) is 6.79. The van der Waals surface area contributed by atoms with Crippen molar-refractivity contribution in [1.82, 2.24) is 0 Å². The first kappa shape index (κ1) is 22.4. The molecule has 0 spiro atoms. The molecule has 2 heterocycles. The number of carbonyl (C=O) groups excluding carboxylic acids is 2. The fourth-order valence-electron chi connectivity index (χ4n) is 6.67. The number of ether oxygens (including phenoxy) is 2. The van der Waals surface area contributed by atoms with E-state index in [1.54, 1.807) is 24.3 Å². The summed E-state index contributed by atoms with van der Waals surface area (Å²) >= 11 is 3.63. The summed E-state index contributed by atoms with van der Waals surface area (Å²) in [5.41, 5.74) is 4.15. The van der Waals surface area contributed by atoms with Crippen molar-refractivity contribution in [2.45, 2.75) is 55.1 Å². The Hall–Kier alpha value is -2.04. The van der Waals surface area contributed by atoms with Gasteiger partial charge in [0.25, 0.3) is 0 Å². The summed E-state index contributed by atoms with van der Waals surface area (Å²) in [5.74, 6) is -3.37. The minimum atomic E-state index is -1.30. The van der Waals surface area contributed by atoms with Gasteiger partial charge in [0.05, 0.1) is 46.0 Å². The van der Waals surface area contributed by atoms with E-state index in [1.165, 1.54) is 0 Å². The number of Topliss-reactive ketones (excluding diaryl/α,β-unsaturated/α-hetero) is 2. The summed E-state index contributed by atoms with van der Waals surface area (Å²) in [6.07, 6.45) is 5.42. The lowest BCUT2D eigenvalue weighted by Gasteiger charge is -2.51. The molecule has 9 heteroatoms. The van der Waals surface area contributed by atoms with Crippen LogP contribution in [-0.4, -0.2) is 50.9 Å². The zero-order valence-corrected chi connectivity index (χ0v) is 20.3. The normalized spacial score (nSPS) is 41.4. The number of hydrogen-bond donors (Lipinski definition) is 4. The molecule has 2 bridgehead atoms. The van der Waals surface area contributed by atoms with Crippen molar-refractivity contribution < 1.29 is 34.4 Å². The number of halogens is 1. The van der Waals surface area contributed by atoms with E-state index in [4.69, 9.17) is 15.2 Å². The summed E-state index contributed by atoms with van der Waals surface area (Å²) in [7, 11) is 0. The largest absolute Gasteiger partial charge is 0.507 e. The summed E-state index contributed by atoms with van der Waals surface area (Å²) in [6.45, 7) is 4.26. The molecule has 0 amide bonds. The molecule has 2 fully saturated rings. The zero-order chi connectivity index (χ0) is 24.4. The second-order valence-corrected chi connectivity index (χ2v) is 11.8. The highest BCUT2D eigenvalue weighted by Gasteiger charge is 2.69. The van der Waals surface area contributed by atoms with Gasteiger partial charge in [-0.25, -0.2) is 0 Å². The molecule has 34 heavy (non-hydrogen) atoms. The third kappa shape index (κ3) is 2.51. The number of phenolic OH excluding ortho intramolecular Hbond substituents is 2. The van der Waals surface area contributed by atoms with Crippen LogP contribution in [0.25, 0.3) is 0 Å². The average molecular weight is 532 g/mol. The van der Waals surface area contributed by atoms with Crippen LogP contribution in [0, 0.1) is 17.3 Å². The Balaban J connectivity index is 1.55. The van der Waals surface area contributed by atoms with E-state index >= 15 is 0 Å². The monoisotopic (exact) mass is 531 g/mol. The topological polar surface area (TPSA) is 139 Å². The Morgan fingerprint density at radius 1 is 1.03 bits per heavy atom. The number of allylic oxidation sites excluding steroid dienone is 4. The van der Waals surface area contributed by atoms with E-state index in [1.807, 2.05) is 13.8 Å². The van der Waals surface area contributed by atoms with Gasteiger partial charge in [-0.15, -0.1) is 0 Å². The van der Waals surface area contributed by atoms with E-state index in [-0.39, 0.29) is 40.7 Å². The third-order valence-corrected chi connectivity index (χ3v) is 9.63. The number of aromatic hydroxyl groups is 2. The van der Waals surface area contributed by atoms with Gasteiger partial charge in [-0.2, -0.15) is 0 Å². The van der Waals surface area contributed by atoms with Crippen molar-refractivity contribution >= 4 is 27.5 Å². The Bertz CT molecular complexity index is 1220. The maximum Gasteiger partial charge on any atom is 0.175 e. The smallest absolute Gasteiger partial charge is 0.175 e. The Morgan fingerprint density at radius 3 is 2.09 bits per heavy atom. The van der Waals surface area contributed by atoms with Crippen molar-refractivity contribution in [3.05, 3.63) is 46.6 Å². The van der Waals surface area contributed by atoms with Crippen LogP contribution >= 0.6 is 15.9 Å². The summed E-state index contributed by atoms with van der Waals surface area (Å²) < 4.78 is 12.1. The lowest BCUT2D eigenvalue weighted by molar-refractivity contribution is -0.102. The number of ketones is 2. The molecule has 2 saturated heterocycles. The molecule has 1 aromatic carbocycles. The van der Waals surface area contributed by atoms with Gasteiger partial charge in [-0.1, -0.05) is 54.1 Å². The molecule has 7 atom stereocenters. The molecule has 3 aliphatic carbocycles. The molecule has 5 N–H and O–H groups in total. The molecule has 2 aliphatic heterocycles. The fraction of sp³-hybridized carbons (Fsp3) is 0.520. The Labute approximate surface area is 204 Å². The number of benzene rings is 1. The first-order valence-electron chi connectivity index (χ1n) is 11.4. The highest BCUT2D eigenvalue weighted by atomic mass is 79.9. The lowest BCUT2D eigenvalue weighted by atomic mass is 9.62. The van der Waals surface area contributed by atoms with Crippen LogP contribution in [-0.2, 0) is 9.47 Å². The van der Waals surface area contributed by atoms with Crippen molar-refractivity contribution in [2.75, 3.05) is 6.61 Å². The molecule has 6 rings (SSSR count). The molecule has 8 nitrogen and oxygen atoms in total. The van der Waals surface area contributed by atoms with Crippen LogP contribution in [0.4, 0.5) is 0 Å². The minimum absolute atomic E-state index is 0.00923. The molecule has 0 aromatic heterocycles. The molecule has 0 unspecified atom stereocenters. The Kier molecular flexibility index (Phi) is 4.48. The number of nitrogens with two attached hydrogens (primary N) is 1. The quantitative estimate of drug-likeness (QED) is 0.320. The van der Waals surface area contributed by atoms with E-state index in [0.29, 0.717) is 6.42 Å². The molecule has 0 saturated carbocycles. The van der Waals surface area contributed by atoms with E-state index in [9.17, 15) is 24.9 Å². The van der Waals surface area contributed by atoms with Crippen LogP contribution < -0.4 is 5.73 Å². The fourth-order valence-corrected chi connectivity index (χ4v) is 7.73. The van der Waals surface area contributed by atoms with Gasteiger partial charge in [-0.3, -0.25) is 9.59 Å². The number of carbonyl (C=O) groups is 2. The number of fused-ring (bicyclic) bond motifs is 5. The van der Waals surface area contributed by atoms with Crippen LogP contribution in [0.5, 0.6) is 11.5 Å². The van der Waals surface area contributed by atoms with Gasteiger partial charge < -0.3 is 30.5 Å². The summed E-state index contributed by atoms with van der Waals surface area (Å²) in [5, 5.41) is 33.9. The predicted octanol–water partition coefficient (Wildman–Crippen LogP) is 2.95. The number of hydrogen-bond acceptors (Lipinski definition) is 8. The maximum atomic E-state index is 13.4. The molecule has 1 aromatic rings. The van der Waals surface area contributed by atoms with Gasteiger partial charge >= 0.3 is 0 Å². The van der Waals surface area contributed by atoms with Gasteiger partial charge in [0.2, 0.25) is 0 Å². The van der Waals surface area contributed by atoms with Crippen LogP contribution in [0.15, 0.2) is 24.3 Å². The van der Waals surface area contributed by atoms with Crippen LogP contribution in [0.2, 0.25) is 0 Å². The Morgan fingerprint density at radius 2 is 1.59 bits per heavy atom. The van der Waals surface area contributed by atoms with Crippen molar-refractivity contribution in [3.8, 4) is 11.5 Å². The van der Waals surface area contributed by atoms with Crippen LogP contribution in [0.1, 0.15) is 69.5 Å². The molecule has 0 radical (unpaired) electrons. The number of rotatable bonds is 1. The van der Waals surface area contributed by atoms with Crippen molar-refractivity contribution in [1.29, 1.82) is 0 Å². The third-order valence-electron chi connectivity index (χ3n) is 8.36. The highest BCUT2D eigenvalue weighted by Crippen LogP contribution is 2.64. The zero-order valence-electron chi connectivity index (χ0n) is 18.7. The number of phenols is 2. The predicted molar refractivity (Wildman–Crippen MR) is 124 cm³/mol. The SMILES string of the molecule is CC1(C)C[C@]2([C@@]3(N)C[C@H](O)c4c(O)c5c(c(O)c4[C@@H]3Br)C(=O)[C@H]3C=CC=C[C@@H]3C5=O)CO[C@H]1O2. The van der Waals surface area contributed by atoms with E-state index < -0.39 is 63.3 Å². The van der Waals surface area contributed by atoms with Gasteiger partial charge in [0.1, 0.15) is 17.1 Å². The van der Waals surface area contributed by atoms with E-state index in [0.717, 1.165) is 0 Å². The molecule has 5 aliphatic rings. The lowest BCUT2D eigenvalue weighted by Crippen LogP contribution is -2.66. The maximum absolute atomic E-state index is 13.4. The highest BCUT2D eigenvalue weighted by molar-refractivity contribution is 9.09. The van der Waals surface area contributed by atoms with Crippen molar-refractivity contribution in [2.24, 2.45) is 23.0 Å². The first-order chi connectivity index (χ1) is 15.9. The second-order valence-electron chi connectivity index (χ2n) is 10.9. The van der Waals surface area contributed by atoms with Crippen LogP contribution in [0.3, 0.4) is 0 Å². The van der Waals surface area contributed by atoms with Crippen molar-refractivity contribution in [3.63, 3.8) is 0 Å². The number of alkyl halides is 1. The van der Waals surface area contributed by atoms with Gasteiger partial charge in [-0.05, 0) is 12.8 Å². The number of aliphatic hydroxyl groups is 1. The van der Waals surface area contributed by atoms with Gasteiger partial charge in [0, 0.05) is 16.5 Å². The average Bonchev–Trinajstić information content (AvgIpc) is 3.34. The van der Waals surface area contributed by atoms with E-state index in [2.05, 4.69) is 15.9 Å².